The zero-order valence-corrected chi connectivity index (χ0v) is 14.1. The summed E-state index contributed by atoms with van der Waals surface area (Å²) in [6.45, 7) is 3.83. The van der Waals surface area contributed by atoms with Crippen molar-refractivity contribution in [2.75, 3.05) is 6.61 Å². The van der Waals surface area contributed by atoms with Crippen molar-refractivity contribution in [3.8, 4) is 5.69 Å². The Kier molecular flexibility index (Phi) is 5.82. The van der Waals surface area contributed by atoms with E-state index in [2.05, 4.69) is 4.99 Å². The lowest BCUT2D eigenvalue weighted by Crippen LogP contribution is -2.16. The summed E-state index contributed by atoms with van der Waals surface area (Å²) in [5.41, 5.74) is -0.454. The van der Waals surface area contributed by atoms with Crippen LogP contribution in [0.3, 0.4) is 0 Å². The monoisotopic (exact) mass is 358 g/mol. The van der Waals surface area contributed by atoms with Crippen LogP contribution in [-0.2, 0) is 17.3 Å². The molecule has 0 fully saturated rings. The third kappa shape index (κ3) is 4.47. The molecule has 130 valence electrons. The van der Waals surface area contributed by atoms with E-state index in [9.17, 15) is 18.0 Å². The molecule has 24 heavy (non-hydrogen) atoms. The first-order valence-electron chi connectivity index (χ1n) is 7.45. The zero-order chi connectivity index (χ0) is 17.7. The van der Waals surface area contributed by atoms with E-state index in [0.29, 0.717) is 5.69 Å². The molecule has 8 heteroatoms. The van der Waals surface area contributed by atoms with Crippen LogP contribution in [0.25, 0.3) is 5.69 Å². The molecule has 1 heterocycles. The highest BCUT2D eigenvalue weighted by Crippen LogP contribution is 2.30. The summed E-state index contributed by atoms with van der Waals surface area (Å²) in [5, 5.41) is 0. The average molecular weight is 358 g/mol. The molecule has 4 nitrogen and oxygen atoms in total. The fourth-order valence-corrected chi connectivity index (χ4v) is 3.16. The number of rotatable bonds is 4. The number of halogens is 3. The van der Waals surface area contributed by atoms with Gasteiger partial charge in [0.25, 0.3) is 0 Å². The minimum Gasteiger partial charge on any atom is -0.448 e. The second-order valence-electron chi connectivity index (χ2n) is 4.96. The van der Waals surface area contributed by atoms with Crippen molar-refractivity contribution in [3.63, 3.8) is 0 Å². The Balaban J connectivity index is 2.54. The van der Waals surface area contributed by atoms with Gasteiger partial charge in [-0.3, -0.25) is 4.57 Å². The van der Waals surface area contributed by atoms with Crippen LogP contribution in [0, 0.1) is 0 Å². The molecular formula is C16H17F3N2O2S. The molecule has 1 aromatic carbocycles. The van der Waals surface area contributed by atoms with E-state index >= 15 is 0 Å². The zero-order valence-electron chi connectivity index (χ0n) is 13.3. The van der Waals surface area contributed by atoms with Gasteiger partial charge in [0.2, 0.25) is 4.80 Å². The lowest BCUT2D eigenvalue weighted by atomic mass is 10.2. The number of amides is 1. The van der Waals surface area contributed by atoms with Crippen molar-refractivity contribution in [2.24, 2.45) is 4.99 Å². The topological polar surface area (TPSA) is 43.6 Å². The summed E-state index contributed by atoms with van der Waals surface area (Å²) in [5.74, 6) is 0. The van der Waals surface area contributed by atoms with Crippen molar-refractivity contribution in [2.45, 2.75) is 32.9 Å². The molecule has 0 radical (unpaired) electrons. The smallest absolute Gasteiger partial charge is 0.436 e. The molecule has 2 rings (SSSR count). The van der Waals surface area contributed by atoms with Crippen molar-refractivity contribution in [3.05, 3.63) is 45.7 Å². The molecule has 0 spiro atoms. The van der Waals surface area contributed by atoms with Gasteiger partial charge in [0.15, 0.2) is 0 Å². The van der Waals surface area contributed by atoms with E-state index in [4.69, 9.17) is 4.74 Å². The standard InChI is InChI=1S/C16H17F3N2O2S/c1-3-6-13-10-21(14(24-13)20-15(22)23-4-2)12-8-5-7-11(9-12)16(17,18)19/h5,7-10H,3-4,6H2,1-2H3. The highest BCUT2D eigenvalue weighted by atomic mass is 32.1. The first kappa shape index (κ1) is 18.3. The Hall–Kier alpha value is -2.09. The number of ether oxygens (including phenoxy) is 1. The molecule has 0 unspecified atom stereocenters. The van der Waals surface area contributed by atoms with Gasteiger partial charge in [0, 0.05) is 16.8 Å². The largest absolute Gasteiger partial charge is 0.448 e. The Morgan fingerprint density at radius 3 is 2.71 bits per heavy atom. The fourth-order valence-electron chi connectivity index (χ4n) is 2.08. The van der Waals surface area contributed by atoms with Crippen LogP contribution in [0.2, 0.25) is 0 Å². The number of aryl methyl sites for hydroxylation is 1. The lowest BCUT2D eigenvalue weighted by molar-refractivity contribution is -0.137. The normalized spacial score (nSPS) is 12.5. The van der Waals surface area contributed by atoms with Crippen LogP contribution in [0.15, 0.2) is 35.5 Å². The summed E-state index contributed by atoms with van der Waals surface area (Å²) in [7, 11) is 0. The maximum atomic E-state index is 12.9. The van der Waals surface area contributed by atoms with Crippen molar-refractivity contribution >= 4 is 17.4 Å². The summed E-state index contributed by atoms with van der Waals surface area (Å²) in [6.07, 6.45) is -1.86. The van der Waals surface area contributed by atoms with Gasteiger partial charge in [-0.25, -0.2) is 4.79 Å². The average Bonchev–Trinajstić information content (AvgIpc) is 2.89. The van der Waals surface area contributed by atoms with E-state index in [1.807, 2.05) is 6.92 Å². The number of hydrogen-bond donors (Lipinski definition) is 0. The molecule has 0 saturated heterocycles. The van der Waals surface area contributed by atoms with E-state index in [1.165, 1.54) is 22.0 Å². The first-order valence-corrected chi connectivity index (χ1v) is 8.27. The third-order valence-corrected chi connectivity index (χ3v) is 4.15. The maximum absolute atomic E-state index is 12.9. The number of nitrogens with zero attached hydrogens (tertiary/aromatic N) is 2. The number of alkyl halides is 3. The number of benzene rings is 1. The summed E-state index contributed by atoms with van der Waals surface area (Å²) >= 11 is 1.26. The molecule has 0 bridgehead atoms. The van der Waals surface area contributed by atoms with Crippen molar-refractivity contribution < 1.29 is 22.7 Å². The predicted octanol–water partition coefficient (Wildman–Crippen LogP) is 4.57. The van der Waals surface area contributed by atoms with Gasteiger partial charge in [-0.2, -0.15) is 13.2 Å². The van der Waals surface area contributed by atoms with Gasteiger partial charge in [-0.05, 0) is 31.5 Å². The van der Waals surface area contributed by atoms with E-state index in [1.54, 1.807) is 19.2 Å². The van der Waals surface area contributed by atoms with Gasteiger partial charge < -0.3 is 4.74 Å². The number of aromatic nitrogens is 1. The SMILES string of the molecule is CCCc1cn(-c2cccc(C(F)(F)F)c2)c(=NC(=O)OCC)s1. The molecule has 2 aromatic rings. The minimum absolute atomic E-state index is 0.180. The maximum Gasteiger partial charge on any atom is 0.436 e. The summed E-state index contributed by atoms with van der Waals surface area (Å²) in [4.78, 5) is 16.7. The number of hydrogen-bond acceptors (Lipinski definition) is 3. The highest BCUT2D eigenvalue weighted by Gasteiger charge is 2.30. The third-order valence-electron chi connectivity index (χ3n) is 3.10. The molecule has 0 aliphatic carbocycles. The van der Waals surface area contributed by atoms with Gasteiger partial charge in [0.05, 0.1) is 12.2 Å². The van der Waals surface area contributed by atoms with E-state index in [-0.39, 0.29) is 11.4 Å². The van der Waals surface area contributed by atoms with Crippen LogP contribution >= 0.6 is 11.3 Å². The number of thiazole rings is 1. The molecule has 0 aliphatic rings. The van der Waals surface area contributed by atoms with Crippen LogP contribution in [0.4, 0.5) is 18.0 Å². The van der Waals surface area contributed by atoms with Gasteiger partial charge in [-0.1, -0.05) is 19.4 Å². The Labute approximate surface area is 141 Å². The van der Waals surface area contributed by atoms with E-state index < -0.39 is 17.8 Å². The van der Waals surface area contributed by atoms with Crippen LogP contribution in [0.5, 0.6) is 0 Å². The minimum atomic E-state index is -4.43. The molecule has 0 atom stereocenters. The Morgan fingerprint density at radius 1 is 1.33 bits per heavy atom. The van der Waals surface area contributed by atoms with Crippen LogP contribution < -0.4 is 4.80 Å². The quantitative estimate of drug-likeness (QED) is 0.804. The molecule has 0 aliphatic heterocycles. The van der Waals surface area contributed by atoms with E-state index in [0.717, 1.165) is 29.9 Å². The van der Waals surface area contributed by atoms with Crippen LogP contribution in [0.1, 0.15) is 30.7 Å². The van der Waals surface area contributed by atoms with Gasteiger partial charge >= 0.3 is 12.3 Å². The number of carbonyl (C=O) groups excluding carboxylic acids is 1. The molecule has 0 N–H and O–H groups in total. The Morgan fingerprint density at radius 2 is 2.08 bits per heavy atom. The predicted molar refractivity (Wildman–Crippen MR) is 85.2 cm³/mol. The van der Waals surface area contributed by atoms with Gasteiger partial charge in [-0.15, -0.1) is 16.3 Å². The number of carbonyl (C=O) groups is 1. The Bertz CT molecular complexity index is 778. The summed E-state index contributed by atoms with van der Waals surface area (Å²) < 4.78 is 45.0. The van der Waals surface area contributed by atoms with Crippen LogP contribution in [-0.4, -0.2) is 17.3 Å². The van der Waals surface area contributed by atoms with Crippen molar-refractivity contribution in [1.29, 1.82) is 0 Å². The highest BCUT2D eigenvalue weighted by molar-refractivity contribution is 7.09. The fraction of sp³-hybridized carbons (Fsp3) is 0.375. The molecule has 1 aromatic heterocycles. The van der Waals surface area contributed by atoms with Gasteiger partial charge in [0.1, 0.15) is 0 Å². The van der Waals surface area contributed by atoms with Crippen molar-refractivity contribution in [1.82, 2.24) is 4.57 Å². The second kappa shape index (κ2) is 7.65. The molecular weight excluding hydrogens is 341 g/mol. The summed E-state index contributed by atoms with van der Waals surface area (Å²) in [6, 6.07) is 4.91. The molecule has 0 saturated carbocycles. The molecule has 1 amide bonds. The second-order valence-corrected chi connectivity index (χ2v) is 6.05. The first-order chi connectivity index (χ1) is 11.3. The lowest BCUT2D eigenvalue weighted by Gasteiger charge is -2.09.